The molecule has 2 saturated carbocycles. The van der Waals surface area contributed by atoms with Gasteiger partial charge in [-0.25, -0.2) is 16.8 Å². The Morgan fingerprint density at radius 3 is 1.52 bits per heavy atom. The van der Waals surface area contributed by atoms with Crippen molar-refractivity contribution in [2.45, 2.75) is 45.8 Å². The van der Waals surface area contributed by atoms with Crippen LogP contribution in [0.2, 0.25) is 0 Å². The third-order valence-corrected chi connectivity index (χ3v) is 7.21. The van der Waals surface area contributed by atoms with Crippen LogP contribution in [0.15, 0.2) is 0 Å². The first-order chi connectivity index (χ1) is 9.33. The average Bonchev–Trinajstić information content (AvgIpc) is 3.07. The number of rotatable bonds is 5. The van der Waals surface area contributed by atoms with E-state index in [2.05, 4.69) is 27.7 Å². The molecule has 0 spiro atoms. The molecule has 0 aliphatic heterocycles. The van der Waals surface area contributed by atoms with Crippen LogP contribution in [0.4, 0.5) is 0 Å². The zero-order chi connectivity index (χ0) is 16.6. The van der Waals surface area contributed by atoms with E-state index in [0.717, 1.165) is 12.8 Å². The molecule has 0 aromatic heterocycles. The van der Waals surface area contributed by atoms with Gasteiger partial charge in [0.25, 0.3) is 0 Å². The highest BCUT2D eigenvalue weighted by Crippen LogP contribution is 2.44. The molecule has 4 atom stereocenters. The molecule has 0 N–H and O–H groups in total. The Labute approximate surface area is 130 Å². The van der Waals surface area contributed by atoms with Crippen LogP contribution in [-0.2, 0) is 19.7 Å². The molecule has 0 aromatic rings. The maximum atomic E-state index is 10.9. The van der Waals surface area contributed by atoms with Gasteiger partial charge in [-0.2, -0.15) is 0 Å². The lowest BCUT2D eigenvalue weighted by molar-refractivity contribution is 0.526. The molecule has 2 rings (SSSR count). The van der Waals surface area contributed by atoms with Crippen molar-refractivity contribution in [3.05, 3.63) is 0 Å². The van der Waals surface area contributed by atoms with Crippen molar-refractivity contribution in [3.63, 3.8) is 0 Å². The molecule has 2 fully saturated rings. The van der Waals surface area contributed by atoms with E-state index in [4.69, 9.17) is 0 Å². The first-order valence-electron chi connectivity index (χ1n) is 7.69. The molecule has 2 aliphatic carbocycles. The lowest BCUT2D eigenvalue weighted by Gasteiger charge is -2.01. The minimum atomic E-state index is -2.73. The number of hydrogen-bond donors (Lipinski definition) is 0. The van der Waals surface area contributed by atoms with E-state index < -0.39 is 19.7 Å². The molecular weight excluding hydrogens is 308 g/mol. The molecule has 126 valence electrons. The van der Waals surface area contributed by atoms with Gasteiger partial charge in [0, 0.05) is 12.5 Å². The summed E-state index contributed by atoms with van der Waals surface area (Å²) in [5, 5.41) is -0.0208. The second-order valence-electron chi connectivity index (χ2n) is 7.51. The van der Waals surface area contributed by atoms with Crippen LogP contribution in [0.25, 0.3) is 0 Å². The first kappa shape index (κ1) is 18.9. The minimum Gasteiger partial charge on any atom is -0.229 e. The van der Waals surface area contributed by atoms with E-state index >= 15 is 0 Å². The van der Waals surface area contributed by atoms with Crippen molar-refractivity contribution < 1.29 is 16.8 Å². The fourth-order valence-corrected chi connectivity index (χ4v) is 5.73. The molecule has 2 aliphatic rings. The van der Waals surface area contributed by atoms with E-state index in [9.17, 15) is 16.8 Å². The second-order valence-corrected chi connectivity index (χ2v) is 12.0. The minimum absolute atomic E-state index is 0.0208. The summed E-state index contributed by atoms with van der Waals surface area (Å²) < 4.78 is 43.5. The van der Waals surface area contributed by atoms with Gasteiger partial charge in [-0.3, -0.25) is 0 Å². The summed E-state index contributed by atoms with van der Waals surface area (Å²) in [6.45, 7) is 8.48. The predicted octanol–water partition coefficient (Wildman–Crippen LogP) is 2.40. The lowest BCUT2D eigenvalue weighted by atomic mass is 10.1. The van der Waals surface area contributed by atoms with E-state index in [-0.39, 0.29) is 5.25 Å². The molecule has 0 radical (unpaired) electrons. The van der Waals surface area contributed by atoms with Crippen molar-refractivity contribution in [1.29, 1.82) is 0 Å². The first-order valence-corrected chi connectivity index (χ1v) is 11.7. The van der Waals surface area contributed by atoms with Gasteiger partial charge in [0.1, 0.15) is 9.84 Å². The Morgan fingerprint density at radius 1 is 0.857 bits per heavy atom. The van der Waals surface area contributed by atoms with Gasteiger partial charge >= 0.3 is 0 Å². The maximum Gasteiger partial charge on any atom is 0.150 e. The second kappa shape index (κ2) is 6.57. The quantitative estimate of drug-likeness (QED) is 0.772. The predicted molar refractivity (Wildman–Crippen MR) is 87.7 cm³/mol. The highest BCUT2D eigenvalue weighted by molar-refractivity contribution is 7.91. The van der Waals surface area contributed by atoms with Crippen LogP contribution in [-0.4, -0.2) is 40.3 Å². The summed E-state index contributed by atoms with van der Waals surface area (Å²) in [7, 11) is -5.45. The Kier molecular flexibility index (Phi) is 5.93. The topological polar surface area (TPSA) is 68.3 Å². The van der Waals surface area contributed by atoms with Crippen molar-refractivity contribution >= 4 is 19.7 Å². The molecule has 21 heavy (non-hydrogen) atoms. The Morgan fingerprint density at radius 2 is 1.33 bits per heavy atom. The van der Waals surface area contributed by atoms with Gasteiger partial charge in [-0.1, -0.05) is 27.7 Å². The van der Waals surface area contributed by atoms with Crippen LogP contribution in [0.1, 0.15) is 40.5 Å². The van der Waals surface area contributed by atoms with Gasteiger partial charge < -0.3 is 0 Å². The van der Waals surface area contributed by atoms with E-state index in [1.54, 1.807) is 0 Å². The maximum absolute atomic E-state index is 10.9. The van der Waals surface area contributed by atoms with Crippen LogP contribution in [0.3, 0.4) is 0 Å². The molecule has 0 heterocycles. The molecule has 0 saturated heterocycles. The van der Waals surface area contributed by atoms with E-state index in [1.165, 1.54) is 12.5 Å². The Bertz CT molecular complexity index is 546. The summed E-state index contributed by atoms with van der Waals surface area (Å²) in [5.41, 5.74) is 0. The third-order valence-electron chi connectivity index (χ3n) is 4.54. The third kappa shape index (κ3) is 6.68. The average molecular weight is 339 g/mol. The van der Waals surface area contributed by atoms with E-state index in [0.29, 0.717) is 35.3 Å². The van der Waals surface area contributed by atoms with Gasteiger partial charge in [0.05, 0.1) is 11.0 Å². The highest BCUT2D eigenvalue weighted by atomic mass is 32.2. The summed E-state index contributed by atoms with van der Waals surface area (Å²) in [5.74, 6) is 3.15. The molecular formula is C15H30O4S2. The van der Waals surface area contributed by atoms with Crippen molar-refractivity contribution in [1.82, 2.24) is 0 Å². The molecule has 0 amide bonds. The van der Waals surface area contributed by atoms with Crippen LogP contribution < -0.4 is 0 Å². The Balaban J connectivity index is 0.000000211. The SMILES string of the molecule is CC(C)C1CC1CS(C)(=O)=O.CC(C)C1CC1S(C)(=O)=O. The summed E-state index contributed by atoms with van der Waals surface area (Å²) in [6.07, 6.45) is 4.66. The standard InChI is InChI=1S/C8H16O2S.C7H14O2S/c1-6(2)8-4-7(8)5-11(3,9)10;1-5(2)6-4-7(6)10(3,8)9/h6-8H,4-5H2,1-3H3;5-7H,4H2,1-3H3. The zero-order valence-electron chi connectivity index (χ0n) is 14.0. The lowest BCUT2D eigenvalue weighted by Crippen LogP contribution is -2.08. The molecule has 4 nitrogen and oxygen atoms in total. The van der Waals surface area contributed by atoms with Crippen molar-refractivity contribution in [2.75, 3.05) is 18.3 Å². The number of sulfone groups is 2. The van der Waals surface area contributed by atoms with E-state index in [1.807, 2.05) is 0 Å². The highest BCUT2D eigenvalue weighted by Gasteiger charge is 2.46. The normalized spacial score (nSPS) is 31.8. The van der Waals surface area contributed by atoms with Crippen LogP contribution >= 0.6 is 0 Å². The van der Waals surface area contributed by atoms with Gasteiger partial charge in [-0.05, 0) is 42.4 Å². The fraction of sp³-hybridized carbons (Fsp3) is 1.00. The van der Waals surface area contributed by atoms with Crippen molar-refractivity contribution in [2.24, 2.45) is 29.6 Å². The van der Waals surface area contributed by atoms with Gasteiger partial charge in [0.2, 0.25) is 0 Å². The smallest absolute Gasteiger partial charge is 0.150 e. The number of hydrogen-bond acceptors (Lipinski definition) is 4. The van der Waals surface area contributed by atoms with Gasteiger partial charge in [0.15, 0.2) is 9.84 Å². The van der Waals surface area contributed by atoms with Crippen LogP contribution in [0.5, 0.6) is 0 Å². The summed E-state index contributed by atoms with van der Waals surface area (Å²) >= 11 is 0. The van der Waals surface area contributed by atoms with Crippen LogP contribution in [0, 0.1) is 29.6 Å². The molecule has 0 aromatic carbocycles. The van der Waals surface area contributed by atoms with Crippen molar-refractivity contribution in [3.8, 4) is 0 Å². The largest absolute Gasteiger partial charge is 0.229 e. The zero-order valence-corrected chi connectivity index (χ0v) is 15.7. The molecule has 6 heteroatoms. The monoisotopic (exact) mass is 338 g/mol. The summed E-state index contributed by atoms with van der Waals surface area (Å²) in [6, 6.07) is 0. The fourth-order valence-electron chi connectivity index (χ4n) is 3.05. The van der Waals surface area contributed by atoms with Gasteiger partial charge in [-0.15, -0.1) is 0 Å². The Hall–Kier alpha value is -0.100. The molecule has 4 unspecified atom stereocenters. The summed E-state index contributed by atoms with van der Waals surface area (Å²) in [4.78, 5) is 0. The molecule has 0 bridgehead atoms.